The Labute approximate surface area is 99.6 Å². The topological polar surface area (TPSA) is 83.3 Å². The van der Waals surface area contributed by atoms with Gasteiger partial charge in [0.05, 0.1) is 6.54 Å². The number of aromatic nitrogens is 2. The summed E-state index contributed by atoms with van der Waals surface area (Å²) in [6.07, 6.45) is 0. The molecule has 0 saturated carbocycles. The molecule has 1 aliphatic rings. The SMILES string of the molecule is Cc1nnc(NC(=O)CN2CCNC[C@H]2C)o1. The maximum absolute atomic E-state index is 11.7. The number of amides is 1. The second-order valence-corrected chi connectivity index (χ2v) is 4.20. The van der Waals surface area contributed by atoms with Crippen LogP contribution in [0.3, 0.4) is 0 Å². The Kier molecular flexibility index (Phi) is 3.70. The van der Waals surface area contributed by atoms with Crippen LogP contribution >= 0.6 is 0 Å². The minimum atomic E-state index is -0.123. The quantitative estimate of drug-likeness (QED) is 0.747. The molecule has 7 nitrogen and oxygen atoms in total. The zero-order valence-corrected chi connectivity index (χ0v) is 10.1. The van der Waals surface area contributed by atoms with Crippen molar-refractivity contribution in [1.29, 1.82) is 0 Å². The van der Waals surface area contributed by atoms with Crippen LogP contribution in [0, 0.1) is 6.92 Å². The smallest absolute Gasteiger partial charge is 0.322 e. The average molecular weight is 239 g/mol. The molecule has 1 fully saturated rings. The lowest BCUT2D eigenvalue weighted by molar-refractivity contribution is -0.118. The van der Waals surface area contributed by atoms with E-state index in [9.17, 15) is 4.79 Å². The van der Waals surface area contributed by atoms with Crippen molar-refractivity contribution in [2.45, 2.75) is 19.9 Å². The van der Waals surface area contributed by atoms with E-state index in [4.69, 9.17) is 4.42 Å². The van der Waals surface area contributed by atoms with Crippen LogP contribution in [0.2, 0.25) is 0 Å². The van der Waals surface area contributed by atoms with Crippen molar-refractivity contribution in [2.24, 2.45) is 0 Å². The molecule has 1 aromatic heterocycles. The van der Waals surface area contributed by atoms with Gasteiger partial charge >= 0.3 is 6.01 Å². The number of aryl methyl sites for hydroxylation is 1. The Bertz CT molecular complexity index is 392. The average Bonchev–Trinajstić information content (AvgIpc) is 2.67. The fourth-order valence-corrected chi connectivity index (χ4v) is 1.81. The highest BCUT2D eigenvalue weighted by Crippen LogP contribution is 2.05. The summed E-state index contributed by atoms with van der Waals surface area (Å²) in [6, 6.07) is 0.522. The maximum Gasteiger partial charge on any atom is 0.322 e. The molecule has 1 aromatic rings. The highest BCUT2D eigenvalue weighted by Gasteiger charge is 2.20. The van der Waals surface area contributed by atoms with E-state index in [-0.39, 0.29) is 11.9 Å². The lowest BCUT2D eigenvalue weighted by atomic mass is 10.2. The van der Waals surface area contributed by atoms with Crippen LogP contribution in [0.25, 0.3) is 0 Å². The number of anilines is 1. The van der Waals surface area contributed by atoms with Crippen molar-refractivity contribution in [1.82, 2.24) is 20.4 Å². The summed E-state index contributed by atoms with van der Waals surface area (Å²) in [5, 5.41) is 13.2. The number of nitrogens with one attached hydrogen (secondary N) is 2. The van der Waals surface area contributed by atoms with Gasteiger partial charge in [0.2, 0.25) is 11.8 Å². The van der Waals surface area contributed by atoms with Crippen molar-refractivity contribution in [3.05, 3.63) is 5.89 Å². The third-order valence-corrected chi connectivity index (χ3v) is 2.76. The van der Waals surface area contributed by atoms with Gasteiger partial charge in [0.15, 0.2) is 0 Å². The maximum atomic E-state index is 11.7. The summed E-state index contributed by atoms with van der Waals surface area (Å²) in [5.74, 6) is 0.318. The van der Waals surface area contributed by atoms with Gasteiger partial charge in [-0.2, -0.15) is 0 Å². The summed E-state index contributed by atoms with van der Waals surface area (Å²) < 4.78 is 5.09. The van der Waals surface area contributed by atoms with Gasteiger partial charge in [-0.1, -0.05) is 5.10 Å². The normalized spacial score (nSPS) is 21.4. The summed E-state index contributed by atoms with van der Waals surface area (Å²) in [4.78, 5) is 13.9. The lowest BCUT2D eigenvalue weighted by Crippen LogP contribution is -2.52. The molecule has 0 aliphatic carbocycles. The van der Waals surface area contributed by atoms with E-state index >= 15 is 0 Å². The first-order chi connectivity index (χ1) is 8.15. The minimum absolute atomic E-state index is 0.123. The number of carbonyl (C=O) groups is 1. The summed E-state index contributed by atoms with van der Waals surface area (Å²) in [6.45, 7) is 6.82. The first kappa shape index (κ1) is 12.0. The number of nitrogens with zero attached hydrogens (tertiary/aromatic N) is 3. The Hall–Kier alpha value is -1.47. The van der Waals surface area contributed by atoms with Gasteiger partial charge < -0.3 is 9.73 Å². The van der Waals surface area contributed by atoms with Crippen LogP contribution in [0.5, 0.6) is 0 Å². The Morgan fingerprint density at radius 2 is 2.47 bits per heavy atom. The molecule has 1 amide bonds. The predicted molar refractivity (Wildman–Crippen MR) is 61.6 cm³/mol. The molecular formula is C10H17N5O2. The third-order valence-electron chi connectivity index (χ3n) is 2.76. The summed E-state index contributed by atoms with van der Waals surface area (Å²) in [7, 11) is 0. The molecule has 0 spiro atoms. The van der Waals surface area contributed by atoms with Crippen molar-refractivity contribution in [2.75, 3.05) is 31.5 Å². The monoisotopic (exact) mass is 239 g/mol. The fraction of sp³-hybridized carbons (Fsp3) is 0.700. The van der Waals surface area contributed by atoms with E-state index in [0.717, 1.165) is 19.6 Å². The van der Waals surface area contributed by atoms with Crippen molar-refractivity contribution >= 4 is 11.9 Å². The van der Waals surface area contributed by atoms with Gasteiger partial charge in [0.25, 0.3) is 0 Å². The number of hydrogen-bond acceptors (Lipinski definition) is 6. The zero-order valence-electron chi connectivity index (χ0n) is 10.1. The van der Waals surface area contributed by atoms with E-state index in [1.54, 1.807) is 6.92 Å². The molecule has 1 atom stereocenters. The highest BCUT2D eigenvalue weighted by molar-refractivity contribution is 5.90. The predicted octanol–water partition coefficient (Wildman–Crippen LogP) is -0.390. The van der Waals surface area contributed by atoms with Gasteiger partial charge in [-0.05, 0) is 6.92 Å². The van der Waals surface area contributed by atoms with Crippen molar-refractivity contribution < 1.29 is 9.21 Å². The van der Waals surface area contributed by atoms with Crippen LogP contribution in [-0.2, 0) is 4.79 Å². The molecule has 7 heteroatoms. The van der Waals surface area contributed by atoms with Gasteiger partial charge in [0.1, 0.15) is 0 Å². The van der Waals surface area contributed by atoms with Crippen LogP contribution in [0.1, 0.15) is 12.8 Å². The zero-order chi connectivity index (χ0) is 12.3. The van der Waals surface area contributed by atoms with Crippen LogP contribution in [0.4, 0.5) is 6.01 Å². The van der Waals surface area contributed by atoms with Crippen LogP contribution in [0.15, 0.2) is 4.42 Å². The molecule has 0 aromatic carbocycles. The largest absolute Gasteiger partial charge is 0.408 e. The first-order valence-electron chi connectivity index (χ1n) is 5.70. The second-order valence-electron chi connectivity index (χ2n) is 4.20. The Balaban J connectivity index is 1.84. The summed E-state index contributed by atoms with van der Waals surface area (Å²) in [5.41, 5.74) is 0. The lowest BCUT2D eigenvalue weighted by Gasteiger charge is -2.32. The van der Waals surface area contributed by atoms with Crippen LogP contribution in [-0.4, -0.2) is 53.2 Å². The van der Waals surface area contributed by atoms with Gasteiger partial charge in [-0.15, -0.1) is 5.10 Å². The molecule has 0 bridgehead atoms. The van der Waals surface area contributed by atoms with Crippen molar-refractivity contribution in [3.63, 3.8) is 0 Å². The summed E-state index contributed by atoms with van der Waals surface area (Å²) >= 11 is 0. The molecule has 2 N–H and O–H groups in total. The van der Waals surface area contributed by atoms with E-state index in [1.165, 1.54) is 0 Å². The molecule has 0 unspecified atom stereocenters. The van der Waals surface area contributed by atoms with E-state index in [0.29, 0.717) is 18.5 Å². The highest BCUT2D eigenvalue weighted by atomic mass is 16.4. The second kappa shape index (κ2) is 5.24. The number of rotatable bonds is 3. The van der Waals surface area contributed by atoms with E-state index < -0.39 is 0 Å². The van der Waals surface area contributed by atoms with Crippen molar-refractivity contribution in [3.8, 4) is 0 Å². The Morgan fingerprint density at radius 3 is 3.12 bits per heavy atom. The first-order valence-corrected chi connectivity index (χ1v) is 5.70. The molecule has 94 valence electrons. The van der Waals surface area contributed by atoms with Gasteiger partial charge in [-0.3, -0.25) is 15.0 Å². The molecule has 1 saturated heterocycles. The van der Waals surface area contributed by atoms with E-state index in [2.05, 4.69) is 32.7 Å². The molecule has 17 heavy (non-hydrogen) atoms. The van der Waals surface area contributed by atoms with Gasteiger partial charge in [0, 0.05) is 32.6 Å². The minimum Gasteiger partial charge on any atom is -0.408 e. The van der Waals surface area contributed by atoms with E-state index in [1.807, 2.05) is 0 Å². The number of hydrogen-bond donors (Lipinski definition) is 2. The van der Waals surface area contributed by atoms with Gasteiger partial charge in [-0.25, -0.2) is 0 Å². The number of piperazine rings is 1. The molecule has 1 aliphatic heterocycles. The number of carbonyl (C=O) groups excluding carboxylic acids is 1. The molecule has 2 heterocycles. The van der Waals surface area contributed by atoms with Crippen LogP contribution < -0.4 is 10.6 Å². The third kappa shape index (κ3) is 3.24. The molecule has 0 radical (unpaired) electrons. The molecular weight excluding hydrogens is 222 g/mol. The standard InChI is InChI=1S/C10H17N5O2/c1-7-5-11-3-4-15(7)6-9(16)12-10-14-13-8(2)17-10/h7,11H,3-6H2,1-2H3,(H,12,14,16)/t7-/m1/s1. The Morgan fingerprint density at radius 1 is 1.65 bits per heavy atom. The fourth-order valence-electron chi connectivity index (χ4n) is 1.81. The molecule has 2 rings (SSSR count).